The van der Waals surface area contributed by atoms with Gasteiger partial charge in [0.05, 0.1) is 30.7 Å². The third kappa shape index (κ3) is 5.13. The number of benzene rings is 1. The van der Waals surface area contributed by atoms with Crippen LogP contribution in [0.4, 0.5) is 21.7 Å². The first-order valence-corrected chi connectivity index (χ1v) is 9.56. The molecule has 30 heavy (non-hydrogen) atoms. The predicted molar refractivity (Wildman–Crippen MR) is 110 cm³/mol. The number of rotatable bonds is 6. The maximum atomic E-state index is 13.7. The third-order valence-corrected chi connectivity index (χ3v) is 4.59. The monoisotopic (exact) mass is 408 g/mol. The fourth-order valence-corrected chi connectivity index (χ4v) is 3.18. The summed E-state index contributed by atoms with van der Waals surface area (Å²) in [4.78, 5) is 27.1. The lowest BCUT2D eigenvalue weighted by atomic mass is 10.2. The van der Waals surface area contributed by atoms with Crippen molar-refractivity contribution in [2.75, 3.05) is 36.9 Å². The second kappa shape index (κ2) is 9.38. The van der Waals surface area contributed by atoms with E-state index in [9.17, 15) is 9.18 Å². The molecule has 9 heteroatoms. The van der Waals surface area contributed by atoms with Crippen LogP contribution in [0.5, 0.6) is 0 Å². The molecule has 0 spiro atoms. The predicted octanol–water partition coefficient (Wildman–Crippen LogP) is 2.77. The molecule has 0 saturated carbocycles. The van der Waals surface area contributed by atoms with Crippen molar-refractivity contribution in [3.05, 3.63) is 72.6 Å². The van der Waals surface area contributed by atoms with Gasteiger partial charge in [0.15, 0.2) is 0 Å². The summed E-state index contributed by atoms with van der Waals surface area (Å²) in [7, 11) is 0. The quantitative estimate of drug-likeness (QED) is 0.648. The minimum atomic E-state index is -0.456. The van der Waals surface area contributed by atoms with Crippen molar-refractivity contribution in [2.45, 2.75) is 6.10 Å². The molecule has 1 aliphatic rings. The van der Waals surface area contributed by atoms with E-state index in [-0.39, 0.29) is 24.2 Å². The summed E-state index contributed by atoms with van der Waals surface area (Å²) >= 11 is 0. The highest BCUT2D eigenvalue weighted by Gasteiger charge is 2.25. The molecular formula is C21H21FN6O2. The summed E-state index contributed by atoms with van der Waals surface area (Å²) in [6, 6.07) is 11.7. The molecule has 0 bridgehead atoms. The van der Waals surface area contributed by atoms with Crippen molar-refractivity contribution in [3.8, 4) is 0 Å². The SMILES string of the molecule is O=C(CN1CCOC(c2cccc(Nc3cnccn3)n2)C1)Nc1ccccc1F. The van der Waals surface area contributed by atoms with Gasteiger partial charge in [-0.1, -0.05) is 18.2 Å². The molecule has 3 aromatic rings. The van der Waals surface area contributed by atoms with Crippen LogP contribution in [0, 0.1) is 5.82 Å². The number of ether oxygens (including phenoxy) is 1. The Hall–Kier alpha value is -3.43. The van der Waals surface area contributed by atoms with E-state index in [0.717, 1.165) is 5.69 Å². The summed E-state index contributed by atoms with van der Waals surface area (Å²) in [5.74, 6) is 0.498. The smallest absolute Gasteiger partial charge is 0.238 e. The fraction of sp³-hybridized carbons (Fsp3) is 0.238. The van der Waals surface area contributed by atoms with E-state index in [2.05, 4.69) is 25.6 Å². The maximum absolute atomic E-state index is 13.7. The van der Waals surface area contributed by atoms with E-state index in [1.165, 1.54) is 12.1 Å². The second-order valence-corrected chi connectivity index (χ2v) is 6.79. The van der Waals surface area contributed by atoms with Crippen molar-refractivity contribution in [1.82, 2.24) is 19.9 Å². The van der Waals surface area contributed by atoms with Crippen LogP contribution in [0.1, 0.15) is 11.8 Å². The van der Waals surface area contributed by atoms with Gasteiger partial charge in [0.1, 0.15) is 23.6 Å². The Morgan fingerprint density at radius 1 is 1.17 bits per heavy atom. The van der Waals surface area contributed by atoms with Crippen molar-refractivity contribution >= 4 is 23.2 Å². The van der Waals surface area contributed by atoms with Crippen LogP contribution >= 0.6 is 0 Å². The van der Waals surface area contributed by atoms with Crippen LogP contribution in [0.15, 0.2) is 61.1 Å². The first kappa shape index (κ1) is 19.9. The second-order valence-electron chi connectivity index (χ2n) is 6.79. The number of aromatic nitrogens is 3. The number of carbonyl (C=O) groups is 1. The Kier molecular flexibility index (Phi) is 6.21. The molecule has 4 rings (SSSR count). The van der Waals surface area contributed by atoms with Gasteiger partial charge < -0.3 is 15.4 Å². The van der Waals surface area contributed by atoms with Crippen LogP contribution in [0.3, 0.4) is 0 Å². The van der Waals surface area contributed by atoms with Gasteiger partial charge >= 0.3 is 0 Å². The first-order chi connectivity index (χ1) is 14.7. The minimum Gasteiger partial charge on any atom is -0.369 e. The Morgan fingerprint density at radius 3 is 2.90 bits per heavy atom. The van der Waals surface area contributed by atoms with Crippen molar-refractivity contribution < 1.29 is 13.9 Å². The van der Waals surface area contributed by atoms with Crippen LogP contribution in [0.2, 0.25) is 0 Å². The number of nitrogens with one attached hydrogen (secondary N) is 2. The maximum Gasteiger partial charge on any atom is 0.238 e. The number of halogens is 1. The standard InChI is InChI=1S/C21H21FN6O2/c22-15-4-1-2-5-16(15)26-21(29)14-28-10-11-30-18(13-28)17-6-3-7-19(25-17)27-20-12-23-8-9-24-20/h1-9,12,18H,10-11,13-14H2,(H,26,29)(H,24,25,27). The van der Waals surface area contributed by atoms with Gasteiger partial charge in [-0.25, -0.2) is 14.4 Å². The van der Waals surface area contributed by atoms with Crippen LogP contribution in [-0.4, -0.2) is 52.0 Å². The molecule has 0 aliphatic carbocycles. The average molecular weight is 408 g/mol. The summed E-state index contributed by atoms with van der Waals surface area (Å²) in [5.41, 5.74) is 0.930. The normalized spacial score (nSPS) is 16.8. The highest BCUT2D eigenvalue weighted by atomic mass is 19.1. The molecule has 1 fully saturated rings. The number of para-hydroxylation sites is 1. The van der Waals surface area contributed by atoms with Crippen molar-refractivity contribution in [2.24, 2.45) is 0 Å². The third-order valence-electron chi connectivity index (χ3n) is 4.59. The summed E-state index contributed by atoms with van der Waals surface area (Å²) in [6.45, 7) is 1.73. The van der Waals surface area contributed by atoms with E-state index in [4.69, 9.17) is 4.74 Å². The van der Waals surface area contributed by atoms with Crippen molar-refractivity contribution in [3.63, 3.8) is 0 Å². The Bertz CT molecular complexity index is 1000. The van der Waals surface area contributed by atoms with Gasteiger partial charge in [0.25, 0.3) is 0 Å². The Labute approximate surface area is 173 Å². The van der Waals surface area contributed by atoms with Crippen LogP contribution < -0.4 is 10.6 Å². The molecule has 1 aromatic carbocycles. The molecule has 2 aromatic heterocycles. The molecule has 1 amide bonds. The lowest BCUT2D eigenvalue weighted by Crippen LogP contribution is -2.42. The first-order valence-electron chi connectivity index (χ1n) is 9.56. The molecular weight excluding hydrogens is 387 g/mol. The lowest BCUT2D eigenvalue weighted by Gasteiger charge is -2.32. The molecule has 8 nitrogen and oxygen atoms in total. The number of amides is 1. The van der Waals surface area contributed by atoms with Crippen molar-refractivity contribution in [1.29, 1.82) is 0 Å². The topological polar surface area (TPSA) is 92.3 Å². The van der Waals surface area contributed by atoms with Gasteiger partial charge in [-0.2, -0.15) is 0 Å². The molecule has 1 saturated heterocycles. The molecule has 2 N–H and O–H groups in total. The van der Waals surface area contributed by atoms with E-state index < -0.39 is 5.82 Å². The Morgan fingerprint density at radius 2 is 2.07 bits per heavy atom. The van der Waals surface area contributed by atoms with Gasteiger partial charge in [-0.05, 0) is 24.3 Å². The van der Waals surface area contributed by atoms with Gasteiger partial charge in [-0.15, -0.1) is 0 Å². The fourth-order valence-electron chi connectivity index (χ4n) is 3.18. The number of hydrogen-bond donors (Lipinski definition) is 2. The number of morpholine rings is 1. The van der Waals surface area contributed by atoms with Gasteiger partial charge in [-0.3, -0.25) is 14.7 Å². The number of nitrogens with zero attached hydrogens (tertiary/aromatic N) is 4. The number of pyridine rings is 1. The summed E-state index contributed by atoms with van der Waals surface area (Å²) in [6.07, 6.45) is 4.53. The molecule has 1 atom stereocenters. The minimum absolute atomic E-state index is 0.145. The molecule has 1 unspecified atom stereocenters. The van der Waals surface area contributed by atoms with Crippen LogP contribution in [-0.2, 0) is 9.53 Å². The highest BCUT2D eigenvalue weighted by molar-refractivity contribution is 5.92. The number of carbonyl (C=O) groups excluding carboxylic acids is 1. The van der Waals surface area contributed by atoms with Gasteiger partial charge in [0.2, 0.25) is 5.91 Å². The van der Waals surface area contributed by atoms with E-state index in [1.807, 2.05) is 23.1 Å². The lowest BCUT2D eigenvalue weighted by molar-refractivity contribution is -0.119. The highest BCUT2D eigenvalue weighted by Crippen LogP contribution is 2.23. The van der Waals surface area contributed by atoms with E-state index in [0.29, 0.717) is 31.3 Å². The van der Waals surface area contributed by atoms with E-state index >= 15 is 0 Å². The average Bonchev–Trinajstić information content (AvgIpc) is 2.76. The molecule has 154 valence electrons. The van der Waals surface area contributed by atoms with Crippen LogP contribution in [0.25, 0.3) is 0 Å². The Balaban J connectivity index is 1.37. The number of hydrogen-bond acceptors (Lipinski definition) is 7. The molecule has 0 radical (unpaired) electrons. The molecule has 3 heterocycles. The summed E-state index contributed by atoms with van der Waals surface area (Å²) in [5, 5.41) is 5.72. The zero-order valence-corrected chi connectivity index (χ0v) is 16.2. The van der Waals surface area contributed by atoms with Gasteiger partial charge in [0, 0.05) is 25.5 Å². The zero-order valence-electron chi connectivity index (χ0n) is 16.2. The molecule has 1 aliphatic heterocycles. The summed E-state index contributed by atoms with van der Waals surface area (Å²) < 4.78 is 19.6. The van der Waals surface area contributed by atoms with E-state index in [1.54, 1.807) is 30.7 Å². The number of anilines is 3. The zero-order chi connectivity index (χ0) is 20.8. The largest absolute Gasteiger partial charge is 0.369 e.